The Balaban J connectivity index is 1.62. The molecule has 1 amide bonds. The molecule has 0 aliphatic heterocycles. The average Bonchev–Trinajstić information content (AvgIpc) is 3.47. The molecule has 1 aromatic carbocycles. The number of amides is 1. The predicted molar refractivity (Wildman–Crippen MR) is 140 cm³/mol. The van der Waals surface area contributed by atoms with Crippen LogP contribution in [0.1, 0.15) is 47.4 Å². The summed E-state index contributed by atoms with van der Waals surface area (Å²) in [6.07, 6.45) is -1.89. The summed E-state index contributed by atoms with van der Waals surface area (Å²) in [6, 6.07) is 6.33. The number of hydrogen-bond acceptors (Lipinski definition) is 8. The zero-order chi connectivity index (χ0) is 30.3. The van der Waals surface area contributed by atoms with Gasteiger partial charge in [-0.1, -0.05) is 11.6 Å². The zero-order valence-corrected chi connectivity index (χ0v) is 22.6. The zero-order valence-electron chi connectivity index (χ0n) is 21.9. The molecule has 214 valence electrons. The average molecular weight is 592 g/mol. The lowest BCUT2D eigenvalue weighted by atomic mass is 10.1. The number of ether oxygens (including phenoxy) is 1. The van der Waals surface area contributed by atoms with Gasteiger partial charge in [0, 0.05) is 25.0 Å². The summed E-state index contributed by atoms with van der Waals surface area (Å²) < 4.78 is 48.9. The number of nitrogens with zero attached hydrogens (tertiary/aromatic N) is 6. The Morgan fingerprint density at radius 3 is 2.37 bits per heavy atom. The second-order valence-corrected chi connectivity index (χ2v) is 10.0. The van der Waals surface area contributed by atoms with Gasteiger partial charge >= 0.3 is 12.1 Å². The molecule has 41 heavy (non-hydrogen) atoms. The number of aromatic nitrogens is 5. The monoisotopic (exact) mass is 591 g/mol. The van der Waals surface area contributed by atoms with Crippen molar-refractivity contribution < 1.29 is 32.4 Å². The van der Waals surface area contributed by atoms with E-state index in [0.717, 1.165) is 40.0 Å². The van der Waals surface area contributed by atoms with Crippen molar-refractivity contribution in [3.8, 4) is 17.1 Å². The van der Waals surface area contributed by atoms with Crippen LogP contribution in [0, 0.1) is 10.1 Å². The van der Waals surface area contributed by atoms with Crippen LogP contribution in [0.5, 0.6) is 0 Å². The number of halogens is 4. The molecular formula is C25H21ClF3N7O5. The van der Waals surface area contributed by atoms with E-state index in [9.17, 15) is 32.9 Å². The first-order chi connectivity index (χ1) is 19.0. The molecule has 0 fully saturated rings. The highest BCUT2D eigenvalue weighted by Gasteiger charge is 2.39. The Labute approximate surface area is 234 Å². The molecule has 12 nitrogen and oxygen atoms in total. The van der Waals surface area contributed by atoms with Gasteiger partial charge in [-0.2, -0.15) is 18.3 Å². The maximum absolute atomic E-state index is 13.9. The molecule has 0 saturated heterocycles. The minimum atomic E-state index is -4.89. The number of alkyl halides is 3. The number of anilines is 1. The van der Waals surface area contributed by atoms with Gasteiger partial charge in [-0.05, 0) is 45.0 Å². The molecule has 3 heterocycles. The predicted octanol–water partition coefficient (Wildman–Crippen LogP) is 5.46. The van der Waals surface area contributed by atoms with Gasteiger partial charge in [0.15, 0.2) is 17.3 Å². The van der Waals surface area contributed by atoms with Crippen molar-refractivity contribution in [2.75, 3.05) is 5.32 Å². The van der Waals surface area contributed by atoms with Gasteiger partial charge in [-0.15, -0.1) is 0 Å². The van der Waals surface area contributed by atoms with Gasteiger partial charge in [0.25, 0.3) is 11.6 Å². The smallest absolute Gasteiger partial charge is 0.435 e. The van der Waals surface area contributed by atoms with Crippen LogP contribution < -0.4 is 5.32 Å². The topological polar surface area (TPSA) is 147 Å². The highest BCUT2D eigenvalue weighted by Crippen LogP contribution is 2.37. The van der Waals surface area contributed by atoms with Crippen molar-refractivity contribution in [2.24, 2.45) is 7.05 Å². The van der Waals surface area contributed by atoms with Crippen molar-refractivity contribution in [1.29, 1.82) is 0 Å². The van der Waals surface area contributed by atoms with Crippen LogP contribution in [0.4, 0.5) is 24.5 Å². The van der Waals surface area contributed by atoms with Gasteiger partial charge in [0.2, 0.25) is 0 Å². The first-order valence-corrected chi connectivity index (χ1v) is 12.1. The number of carbonyl (C=O) groups excluding carboxylic acids is 2. The minimum Gasteiger partial charge on any atom is -0.456 e. The first kappa shape index (κ1) is 29.2. The quantitative estimate of drug-likeness (QED) is 0.177. The molecular weight excluding hydrogens is 571 g/mol. The Kier molecular flexibility index (Phi) is 7.58. The number of nitro groups is 1. The second-order valence-electron chi connectivity index (χ2n) is 9.64. The van der Waals surface area contributed by atoms with Crippen LogP contribution >= 0.6 is 11.6 Å². The fourth-order valence-corrected chi connectivity index (χ4v) is 3.92. The minimum absolute atomic E-state index is 0.0136. The summed E-state index contributed by atoms with van der Waals surface area (Å²) in [5.41, 5.74) is -2.59. The standard InChI is InChI=1S/C25H21ClF3N7O5/c1-24(2,3)41-23(38)15-7-5-13(9-17(15)26)32-22(37)21-31-11-18(34(21)4)16-12-35(33-20(16)25(27,28)29)19-8-6-14(10-30-19)36(39)40/h5-12H,1-4H3,(H,32,37). The summed E-state index contributed by atoms with van der Waals surface area (Å²) in [5.74, 6) is -1.75. The lowest BCUT2D eigenvalue weighted by Crippen LogP contribution is -2.24. The summed E-state index contributed by atoms with van der Waals surface area (Å²) in [6.45, 7) is 5.09. The van der Waals surface area contributed by atoms with E-state index < -0.39 is 39.8 Å². The number of hydrogen-bond donors (Lipinski definition) is 1. The SMILES string of the molecule is Cn1c(-c2cn(-c3ccc([N+](=O)[O-])cn3)nc2C(F)(F)F)cnc1C(=O)Nc1ccc(C(=O)OC(C)(C)C)c(Cl)c1. The van der Waals surface area contributed by atoms with Crippen LogP contribution in [0.2, 0.25) is 5.02 Å². The molecule has 0 unspecified atom stereocenters. The summed E-state index contributed by atoms with van der Waals surface area (Å²) in [5, 5.41) is 17.0. The molecule has 16 heteroatoms. The molecule has 0 bridgehead atoms. The molecule has 1 N–H and O–H groups in total. The Morgan fingerprint density at radius 1 is 1.10 bits per heavy atom. The van der Waals surface area contributed by atoms with Crippen molar-refractivity contribution in [2.45, 2.75) is 32.5 Å². The molecule has 4 rings (SSSR count). The van der Waals surface area contributed by atoms with E-state index in [1.807, 2.05) is 0 Å². The van der Waals surface area contributed by atoms with E-state index in [0.29, 0.717) is 0 Å². The molecule has 4 aromatic rings. The van der Waals surface area contributed by atoms with Crippen molar-refractivity contribution in [3.63, 3.8) is 0 Å². The largest absolute Gasteiger partial charge is 0.456 e. The lowest BCUT2D eigenvalue weighted by molar-refractivity contribution is -0.385. The van der Waals surface area contributed by atoms with Gasteiger partial charge < -0.3 is 14.6 Å². The Morgan fingerprint density at radius 2 is 1.80 bits per heavy atom. The van der Waals surface area contributed by atoms with E-state index >= 15 is 0 Å². The lowest BCUT2D eigenvalue weighted by Gasteiger charge is -2.20. The van der Waals surface area contributed by atoms with Gasteiger partial charge in [-0.3, -0.25) is 14.9 Å². The van der Waals surface area contributed by atoms with Crippen LogP contribution in [0.3, 0.4) is 0 Å². The van der Waals surface area contributed by atoms with E-state index in [1.54, 1.807) is 20.8 Å². The van der Waals surface area contributed by atoms with Crippen LogP contribution in [0.15, 0.2) is 48.9 Å². The normalized spacial score (nSPS) is 11.8. The summed E-state index contributed by atoms with van der Waals surface area (Å²) in [7, 11) is 1.34. The summed E-state index contributed by atoms with van der Waals surface area (Å²) in [4.78, 5) is 43.2. The maximum Gasteiger partial charge on any atom is 0.435 e. The number of nitrogens with one attached hydrogen (secondary N) is 1. The van der Waals surface area contributed by atoms with E-state index in [-0.39, 0.29) is 39.3 Å². The molecule has 0 aliphatic rings. The van der Waals surface area contributed by atoms with Crippen LogP contribution in [-0.4, -0.2) is 46.7 Å². The van der Waals surface area contributed by atoms with Crippen molar-refractivity contribution >= 4 is 34.9 Å². The maximum atomic E-state index is 13.9. The summed E-state index contributed by atoms with van der Waals surface area (Å²) >= 11 is 6.21. The number of imidazole rings is 1. The van der Waals surface area contributed by atoms with Crippen LogP contribution in [-0.2, 0) is 18.0 Å². The van der Waals surface area contributed by atoms with Crippen LogP contribution in [0.25, 0.3) is 17.1 Å². The molecule has 0 radical (unpaired) electrons. The van der Waals surface area contributed by atoms with Crippen molar-refractivity contribution in [1.82, 2.24) is 24.3 Å². The van der Waals surface area contributed by atoms with Gasteiger partial charge in [-0.25, -0.2) is 19.4 Å². The second kappa shape index (κ2) is 10.6. The third-order valence-corrected chi connectivity index (χ3v) is 5.79. The third-order valence-electron chi connectivity index (χ3n) is 5.47. The number of rotatable bonds is 6. The number of benzene rings is 1. The van der Waals surface area contributed by atoms with E-state index in [4.69, 9.17) is 16.3 Å². The first-order valence-electron chi connectivity index (χ1n) is 11.7. The van der Waals surface area contributed by atoms with E-state index in [1.165, 1.54) is 25.2 Å². The highest BCUT2D eigenvalue weighted by atomic mass is 35.5. The Bertz CT molecular complexity index is 1660. The molecule has 0 saturated carbocycles. The molecule has 0 aliphatic carbocycles. The van der Waals surface area contributed by atoms with E-state index in [2.05, 4.69) is 20.4 Å². The molecule has 3 aromatic heterocycles. The fraction of sp³-hybridized carbons (Fsp3) is 0.240. The molecule has 0 atom stereocenters. The number of esters is 1. The van der Waals surface area contributed by atoms with Gasteiger partial charge in [0.05, 0.1) is 33.0 Å². The fourth-order valence-electron chi connectivity index (χ4n) is 3.66. The Hall–Kier alpha value is -4.79. The van der Waals surface area contributed by atoms with Crippen molar-refractivity contribution in [3.05, 3.63) is 81.1 Å². The third kappa shape index (κ3) is 6.35. The molecule has 0 spiro atoms. The highest BCUT2D eigenvalue weighted by molar-refractivity contribution is 6.34. The number of carbonyl (C=O) groups is 2. The van der Waals surface area contributed by atoms with Gasteiger partial charge in [0.1, 0.15) is 11.8 Å². The number of pyridine rings is 1.